The molecule has 0 N–H and O–H groups in total. The summed E-state index contributed by atoms with van der Waals surface area (Å²) in [5.74, 6) is 0.699. The van der Waals surface area contributed by atoms with Crippen molar-refractivity contribution in [3.63, 3.8) is 0 Å². The largest absolute Gasteiger partial charge is 0.350 e. The Labute approximate surface area is 196 Å². The molecule has 0 atom stereocenters. The van der Waals surface area contributed by atoms with E-state index in [4.69, 9.17) is 14.0 Å². The van der Waals surface area contributed by atoms with Gasteiger partial charge in [-0.05, 0) is 78.2 Å². The molecule has 0 radical (unpaired) electrons. The molecule has 4 rings (SSSR count). The van der Waals surface area contributed by atoms with Crippen LogP contribution < -0.4 is 4.90 Å². The van der Waals surface area contributed by atoms with Crippen molar-refractivity contribution in [1.82, 2.24) is 4.98 Å². The molecule has 0 spiro atoms. The van der Waals surface area contributed by atoms with Crippen LogP contribution in [0.25, 0.3) is 21.7 Å². The number of hydrogen-bond donors (Lipinski definition) is 0. The van der Waals surface area contributed by atoms with Crippen molar-refractivity contribution in [3.8, 4) is 0 Å². The van der Waals surface area contributed by atoms with E-state index in [1.165, 1.54) is 0 Å². The molecule has 0 aliphatic carbocycles. The van der Waals surface area contributed by atoms with E-state index in [0.29, 0.717) is 19.0 Å². The van der Waals surface area contributed by atoms with Gasteiger partial charge >= 0.3 is 7.60 Å². The number of aromatic nitrogens is 1. The average molecular weight is 546 g/mol. The Balaban J connectivity index is 1.89. The maximum atomic E-state index is 13.5. The molecule has 7 heteroatoms. The Bertz CT molecular complexity index is 1250. The van der Waals surface area contributed by atoms with Gasteiger partial charge in [-0.3, -0.25) is 4.57 Å². The zero-order valence-electron chi connectivity index (χ0n) is 17.5. The summed E-state index contributed by atoms with van der Waals surface area (Å²) in [6, 6.07) is 24.4. The first-order chi connectivity index (χ1) is 15.0. The molecule has 0 aliphatic rings. The summed E-state index contributed by atoms with van der Waals surface area (Å²) in [6.45, 7) is 4.27. The number of para-hydroxylation sites is 1. The van der Waals surface area contributed by atoms with Gasteiger partial charge in [0.1, 0.15) is 12.1 Å². The highest BCUT2D eigenvalue weighted by Crippen LogP contribution is 2.51. The molecule has 3 aromatic carbocycles. The zero-order valence-corrected chi connectivity index (χ0v) is 20.5. The maximum Gasteiger partial charge on any atom is 0.350 e. The number of hydrogen-bond acceptors (Lipinski definition) is 5. The van der Waals surface area contributed by atoms with Gasteiger partial charge in [0.15, 0.2) is 0 Å². The van der Waals surface area contributed by atoms with Crippen LogP contribution in [0.2, 0.25) is 0 Å². The van der Waals surface area contributed by atoms with Crippen LogP contribution in [0.1, 0.15) is 13.8 Å². The van der Waals surface area contributed by atoms with E-state index in [1.54, 1.807) is 0 Å². The van der Waals surface area contributed by atoms with E-state index in [9.17, 15) is 4.57 Å². The topological polar surface area (TPSA) is 51.7 Å². The highest BCUT2D eigenvalue weighted by Gasteiger charge is 2.30. The average Bonchev–Trinajstić information content (AvgIpc) is 2.77. The lowest BCUT2D eigenvalue weighted by molar-refractivity contribution is 0.220. The molecule has 160 valence electrons. The van der Waals surface area contributed by atoms with Crippen LogP contribution in [0.4, 0.5) is 11.5 Å². The Morgan fingerprint density at radius 2 is 1.65 bits per heavy atom. The molecular weight excluding hydrogens is 522 g/mol. The van der Waals surface area contributed by atoms with Gasteiger partial charge in [0, 0.05) is 14.3 Å². The van der Waals surface area contributed by atoms with Crippen LogP contribution in [0.3, 0.4) is 0 Å². The molecule has 4 aromatic rings. The summed E-state index contributed by atoms with van der Waals surface area (Å²) < 4.78 is 25.9. The van der Waals surface area contributed by atoms with E-state index < -0.39 is 7.60 Å². The van der Waals surface area contributed by atoms with Gasteiger partial charge in [-0.1, -0.05) is 36.4 Å². The summed E-state index contributed by atoms with van der Waals surface area (Å²) in [4.78, 5) is 6.83. The number of benzene rings is 3. The fraction of sp³-hybridized carbons (Fsp3) is 0.208. The van der Waals surface area contributed by atoms with Crippen molar-refractivity contribution in [2.45, 2.75) is 13.8 Å². The first kappa shape index (κ1) is 22.2. The summed E-state index contributed by atoms with van der Waals surface area (Å²) >= 11 is 2.31. The first-order valence-corrected chi connectivity index (χ1v) is 13.0. The van der Waals surface area contributed by atoms with Crippen LogP contribution in [-0.4, -0.2) is 24.5 Å². The van der Waals surface area contributed by atoms with E-state index in [-0.39, 0.29) is 6.29 Å². The van der Waals surface area contributed by atoms with Crippen molar-refractivity contribution in [2.24, 2.45) is 0 Å². The SMILES string of the molecule is CCOP(=O)(CN(c1ccc2ccccc2n1)c1cccc2cc(I)ccc12)OCC. The second-order valence-corrected chi connectivity index (χ2v) is 10.3. The van der Waals surface area contributed by atoms with E-state index >= 15 is 0 Å². The fourth-order valence-corrected chi connectivity index (χ4v) is 5.82. The Hall–Kier alpha value is -1.99. The molecule has 0 unspecified atom stereocenters. The van der Waals surface area contributed by atoms with E-state index in [0.717, 1.165) is 30.9 Å². The summed E-state index contributed by atoms with van der Waals surface area (Å²) in [6.07, 6.45) is 0.0745. The summed E-state index contributed by atoms with van der Waals surface area (Å²) in [5, 5.41) is 3.21. The molecule has 0 aliphatic heterocycles. The molecule has 5 nitrogen and oxygen atoms in total. The molecule has 0 amide bonds. The lowest BCUT2D eigenvalue weighted by Gasteiger charge is -2.29. The number of rotatable bonds is 8. The predicted molar refractivity (Wildman–Crippen MR) is 136 cm³/mol. The highest BCUT2D eigenvalue weighted by atomic mass is 127. The summed E-state index contributed by atoms with van der Waals surface area (Å²) in [5.41, 5.74) is 1.79. The third-order valence-corrected chi connectivity index (χ3v) is 7.54. The number of anilines is 2. The lowest BCUT2D eigenvalue weighted by Crippen LogP contribution is -2.22. The second kappa shape index (κ2) is 9.65. The van der Waals surface area contributed by atoms with Gasteiger partial charge in [-0.2, -0.15) is 0 Å². The highest BCUT2D eigenvalue weighted by molar-refractivity contribution is 14.1. The van der Waals surface area contributed by atoms with Gasteiger partial charge in [0.05, 0.1) is 24.4 Å². The Kier molecular flexibility index (Phi) is 6.92. The van der Waals surface area contributed by atoms with Crippen molar-refractivity contribution >= 4 is 63.4 Å². The van der Waals surface area contributed by atoms with Gasteiger partial charge < -0.3 is 13.9 Å². The quantitative estimate of drug-likeness (QED) is 0.171. The number of fused-ring (bicyclic) bond motifs is 2. The minimum absolute atomic E-state index is 0.0745. The molecule has 1 aromatic heterocycles. The van der Waals surface area contributed by atoms with Crippen molar-refractivity contribution in [2.75, 3.05) is 24.4 Å². The standard InChI is InChI=1S/C24H24IN2O3P/c1-3-29-31(28,30-4-2)17-27(24-15-12-18-8-5-6-10-22(18)26-24)23-11-7-9-19-16-20(25)13-14-21(19)23/h5-16H,3-4,17H2,1-2H3. The maximum absolute atomic E-state index is 13.5. The van der Waals surface area contributed by atoms with Crippen LogP contribution in [0.15, 0.2) is 72.8 Å². The van der Waals surface area contributed by atoms with E-state index in [2.05, 4.69) is 46.9 Å². The number of nitrogens with zero attached hydrogens (tertiary/aromatic N) is 2. The Morgan fingerprint density at radius 1 is 0.903 bits per heavy atom. The van der Waals surface area contributed by atoms with Crippen LogP contribution in [0.5, 0.6) is 0 Å². The molecule has 0 fully saturated rings. The van der Waals surface area contributed by atoms with Gasteiger partial charge in [0.2, 0.25) is 0 Å². The third kappa shape index (κ3) is 4.93. The van der Waals surface area contributed by atoms with E-state index in [1.807, 2.05) is 67.3 Å². The van der Waals surface area contributed by atoms with Crippen molar-refractivity contribution in [3.05, 3.63) is 76.4 Å². The van der Waals surface area contributed by atoms with Gasteiger partial charge in [-0.25, -0.2) is 4.98 Å². The minimum Gasteiger partial charge on any atom is -0.314 e. The lowest BCUT2D eigenvalue weighted by atomic mass is 10.1. The minimum atomic E-state index is -3.37. The molecule has 0 bridgehead atoms. The van der Waals surface area contributed by atoms with Gasteiger partial charge in [0.25, 0.3) is 0 Å². The van der Waals surface area contributed by atoms with Crippen molar-refractivity contribution < 1.29 is 13.6 Å². The fourth-order valence-electron chi connectivity index (χ4n) is 3.64. The van der Waals surface area contributed by atoms with Crippen molar-refractivity contribution in [1.29, 1.82) is 0 Å². The molecule has 0 saturated carbocycles. The Morgan fingerprint density at radius 3 is 2.42 bits per heavy atom. The monoisotopic (exact) mass is 546 g/mol. The second-order valence-electron chi connectivity index (χ2n) is 7.02. The zero-order chi connectivity index (χ0) is 21.8. The summed E-state index contributed by atoms with van der Waals surface area (Å²) in [7, 11) is -3.37. The predicted octanol–water partition coefficient (Wildman–Crippen LogP) is 7.35. The molecule has 31 heavy (non-hydrogen) atoms. The van der Waals surface area contributed by atoms with Crippen LogP contribution >= 0.6 is 30.2 Å². The molecule has 1 heterocycles. The van der Waals surface area contributed by atoms with Crippen LogP contribution in [0, 0.1) is 3.57 Å². The molecule has 0 saturated heterocycles. The normalized spacial score (nSPS) is 11.8. The van der Waals surface area contributed by atoms with Gasteiger partial charge in [-0.15, -0.1) is 0 Å². The number of halogens is 1. The smallest absolute Gasteiger partial charge is 0.314 e. The van der Waals surface area contributed by atoms with Crippen LogP contribution in [-0.2, 0) is 13.6 Å². The molecular formula is C24H24IN2O3P. The first-order valence-electron chi connectivity index (χ1n) is 10.2. The number of pyridine rings is 1. The third-order valence-electron chi connectivity index (χ3n) is 4.94.